The van der Waals surface area contributed by atoms with E-state index in [-0.39, 0.29) is 31.9 Å². The van der Waals surface area contributed by atoms with E-state index in [0.29, 0.717) is 0 Å². The first-order valence-electron chi connectivity index (χ1n) is 6.29. The Morgan fingerprint density at radius 3 is 2.43 bits per heavy atom. The van der Waals surface area contributed by atoms with Crippen LogP contribution in [0.2, 0.25) is 0 Å². The average molecular weight is 322 g/mol. The lowest BCUT2D eigenvalue weighted by molar-refractivity contribution is 0.0678. The predicted molar refractivity (Wildman–Crippen MR) is 71.0 cm³/mol. The highest BCUT2D eigenvalue weighted by Crippen LogP contribution is 2.12. The molecule has 1 aromatic rings. The molecule has 7 nitrogen and oxygen atoms in total. The Morgan fingerprint density at radius 2 is 1.90 bits per heavy atom. The van der Waals surface area contributed by atoms with Crippen molar-refractivity contribution >= 4 is 16.1 Å². The molecule has 2 heterocycles. The zero-order valence-corrected chi connectivity index (χ0v) is 12.0. The molecule has 0 unspecified atom stereocenters. The topological polar surface area (TPSA) is 88.6 Å². The van der Waals surface area contributed by atoms with Crippen molar-refractivity contribution in [1.82, 2.24) is 13.8 Å². The number of carbonyl (C=O) groups excluding carboxylic acids is 1. The van der Waals surface area contributed by atoms with Crippen molar-refractivity contribution in [3.8, 4) is 0 Å². The van der Waals surface area contributed by atoms with Gasteiger partial charge in [0.05, 0.1) is 6.54 Å². The van der Waals surface area contributed by atoms with Crippen LogP contribution < -0.4 is 5.14 Å². The first-order valence-corrected chi connectivity index (χ1v) is 7.80. The molecule has 10 heteroatoms. The van der Waals surface area contributed by atoms with Crippen molar-refractivity contribution in [1.29, 1.82) is 0 Å². The van der Waals surface area contributed by atoms with Crippen molar-refractivity contribution in [2.24, 2.45) is 5.14 Å². The van der Waals surface area contributed by atoms with Crippen LogP contribution in [0.25, 0.3) is 0 Å². The number of piperazine rings is 1. The van der Waals surface area contributed by atoms with E-state index in [2.05, 4.69) is 0 Å². The van der Waals surface area contributed by atoms with Gasteiger partial charge in [-0.2, -0.15) is 12.7 Å². The van der Waals surface area contributed by atoms with E-state index in [0.717, 1.165) is 4.31 Å². The molecule has 0 spiro atoms. The second kappa shape index (κ2) is 6.08. The van der Waals surface area contributed by atoms with Gasteiger partial charge in [-0.05, 0) is 12.1 Å². The first kappa shape index (κ1) is 15.9. The van der Waals surface area contributed by atoms with Gasteiger partial charge in [0, 0.05) is 32.4 Å². The van der Waals surface area contributed by atoms with Crippen LogP contribution in [0.3, 0.4) is 0 Å². The van der Waals surface area contributed by atoms with E-state index < -0.39 is 29.1 Å². The zero-order chi connectivity index (χ0) is 15.6. The molecular weight excluding hydrogens is 306 g/mol. The fourth-order valence-electron chi connectivity index (χ4n) is 2.22. The highest BCUT2D eigenvalue weighted by Gasteiger charge is 2.28. The molecule has 21 heavy (non-hydrogen) atoms. The maximum Gasteiger partial charge on any atom is 0.277 e. The fraction of sp³-hybridized carbons (Fsp3) is 0.545. The minimum atomic E-state index is -3.76. The summed E-state index contributed by atoms with van der Waals surface area (Å²) in [6, 6.07) is 2.99. The smallest absolute Gasteiger partial charge is 0.277 e. The zero-order valence-electron chi connectivity index (χ0n) is 11.2. The molecule has 0 saturated carbocycles. The van der Waals surface area contributed by atoms with Crippen LogP contribution in [0.4, 0.5) is 8.78 Å². The van der Waals surface area contributed by atoms with Gasteiger partial charge in [0.1, 0.15) is 5.69 Å². The number of aromatic nitrogens is 1. The van der Waals surface area contributed by atoms with Crippen molar-refractivity contribution < 1.29 is 22.0 Å². The Labute approximate surface area is 121 Å². The second-order valence-corrected chi connectivity index (χ2v) is 6.22. The van der Waals surface area contributed by atoms with Crippen LogP contribution in [0.5, 0.6) is 0 Å². The van der Waals surface area contributed by atoms with Crippen LogP contribution in [0.1, 0.15) is 10.5 Å². The number of nitrogens with two attached hydrogens (primary N) is 1. The quantitative estimate of drug-likeness (QED) is 0.826. The molecule has 0 aromatic carbocycles. The lowest BCUT2D eigenvalue weighted by atomic mass is 10.3. The molecule has 1 aliphatic rings. The van der Waals surface area contributed by atoms with E-state index in [1.54, 1.807) is 0 Å². The number of amides is 1. The van der Waals surface area contributed by atoms with E-state index in [4.69, 9.17) is 5.14 Å². The summed E-state index contributed by atoms with van der Waals surface area (Å²) >= 11 is 0. The standard InChI is InChI=1S/C11H16F2N4O3S/c12-10(13)8-16-3-1-2-9(16)11(18)15-4-6-17(7-5-15)21(14,19)20/h1-3,10H,4-8H2,(H2,14,19,20). The summed E-state index contributed by atoms with van der Waals surface area (Å²) in [6.07, 6.45) is -1.14. The molecule has 1 amide bonds. The lowest BCUT2D eigenvalue weighted by Gasteiger charge is -2.33. The number of halogens is 2. The summed E-state index contributed by atoms with van der Waals surface area (Å²) < 4.78 is 49.5. The predicted octanol–water partition coefficient (Wildman–Crippen LogP) is -0.285. The molecule has 1 aromatic heterocycles. The summed E-state index contributed by atoms with van der Waals surface area (Å²) in [6.45, 7) is -0.00425. The van der Waals surface area contributed by atoms with E-state index in [1.165, 1.54) is 27.8 Å². The Kier molecular flexibility index (Phi) is 4.59. The van der Waals surface area contributed by atoms with Gasteiger partial charge in [-0.25, -0.2) is 13.9 Å². The van der Waals surface area contributed by atoms with Crippen molar-refractivity contribution in [3.63, 3.8) is 0 Å². The number of alkyl halides is 2. The molecular formula is C11H16F2N4O3S. The summed E-state index contributed by atoms with van der Waals surface area (Å²) in [5, 5.41) is 5.01. The van der Waals surface area contributed by atoms with Gasteiger partial charge in [0.2, 0.25) is 0 Å². The van der Waals surface area contributed by atoms with Crippen LogP contribution >= 0.6 is 0 Å². The van der Waals surface area contributed by atoms with E-state index in [9.17, 15) is 22.0 Å². The van der Waals surface area contributed by atoms with Crippen molar-refractivity contribution in [2.75, 3.05) is 26.2 Å². The molecule has 0 bridgehead atoms. The maximum atomic E-state index is 12.4. The average Bonchev–Trinajstić information content (AvgIpc) is 2.84. The van der Waals surface area contributed by atoms with Crippen LogP contribution in [-0.2, 0) is 16.8 Å². The molecule has 1 fully saturated rings. The number of hydrogen-bond acceptors (Lipinski definition) is 3. The molecule has 1 aliphatic heterocycles. The van der Waals surface area contributed by atoms with E-state index >= 15 is 0 Å². The molecule has 2 rings (SSSR count). The van der Waals surface area contributed by atoms with Gasteiger partial charge in [0.15, 0.2) is 0 Å². The van der Waals surface area contributed by atoms with Gasteiger partial charge in [-0.3, -0.25) is 4.79 Å². The van der Waals surface area contributed by atoms with Gasteiger partial charge < -0.3 is 9.47 Å². The van der Waals surface area contributed by atoms with Gasteiger partial charge >= 0.3 is 0 Å². The second-order valence-electron chi connectivity index (χ2n) is 4.67. The maximum absolute atomic E-state index is 12.4. The summed E-state index contributed by atoms with van der Waals surface area (Å²) in [5.74, 6) is -0.394. The summed E-state index contributed by atoms with van der Waals surface area (Å²) in [7, 11) is -3.76. The number of nitrogens with zero attached hydrogens (tertiary/aromatic N) is 3. The normalized spacial score (nSPS) is 17.4. The molecule has 118 valence electrons. The number of rotatable bonds is 4. The molecule has 0 radical (unpaired) electrons. The van der Waals surface area contributed by atoms with Crippen LogP contribution in [-0.4, -0.2) is 60.7 Å². The van der Waals surface area contributed by atoms with Crippen molar-refractivity contribution in [3.05, 3.63) is 24.0 Å². The third-order valence-corrected chi connectivity index (χ3v) is 4.35. The van der Waals surface area contributed by atoms with Gasteiger partial charge in [0.25, 0.3) is 22.5 Å². The summed E-state index contributed by atoms with van der Waals surface area (Å²) in [5.41, 5.74) is 0.166. The minimum absolute atomic E-state index is 0.0974. The SMILES string of the molecule is NS(=O)(=O)N1CCN(C(=O)c2cccn2CC(F)F)CC1. The van der Waals surface area contributed by atoms with Gasteiger partial charge in [-0.1, -0.05) is 0 Å². The highest BCUT2D eigenvalue weighted by atomic mass is 32.2. The first-order chi connectivity index (χ1) is 9.79. The Bertz CT molecular complexity index is 609. The number of hydrogen-bond donors (Lipinski definition) is 1. The molecule has 0 aliphatic carbocycles. The largest absolute Gasteiger partial charge is 0.338 e. The Hall–Kier alpha value is -1.52. The monoisotopic (exact) mass is 322 g/mol. The highest BCUT2D eigenvalue weighted by molar-refractivity contribution is 7.86. The lowest BCUT2D eigenvalue weighted by Crippen LogP contribution is -2.52. The Balaban J connectivity index is 2.04. The van der Waals surface area contributed by atoms with Crippen molar-refractivity contribution in [2.45, 2.75) is 13.0 Å². The fourth-order valence-corrected chi connectivity index (χ4v) is 2.90. The minimum Gasteiger partial charge on any atom is -0.338 e. The molecule has 0 atom stereocenters. The third-order valence-electron chi connectivity index (χ3n) is 3.27. The van der Waals surface area contributed by atoms with Crippen LogP contribution in [0.15, 0.2) is 18.3 Å². The van der Waals surface area contributed by atoms with Gasteiger partial charge in [-0.15, -0.1) is 0 Å². The van der Waals surface area contributed by atoms with Crippen LogP contribution in [0, 0.1) is 0 Å². The van der Waals surface area contributed by atoms with E-state index in [1.807, 2.05) is 0 Å². The number of carbonyl (C=O) groups is 1. The molecule has 1 saturated heterocycles. The third kappa shape index (κ3) is 3.77. The molecule has 2 N–H and O–H groups in total. The Morgan fingerprint density at radius 1 is 1.29 bits per heavy atom. The summed E-state index contributed by atoms with van der Waals surface area (Å²) in [4.78, 5) is 13.7.